The third-order valence-electron chi connectivity index (χ3n) is 3.99. The van der Waals surface area contributed by atoms with E-state index in [9.17, 15) is 4.79 Å². The van der Waals surface area contributed by atoms with Crippen LogP contribution in [0.15, 0.2) is 29.3 Å². The number of rotatable bonds is 7. The van der Waals surface area contributed by atoms with Crippen LogP contribution in [0.5, 0.6) is 0 Å². The van der Waals surface area contributed by atoms with Gasteiger partial charge in [-0.2, -0.15) is 0 Å². The molecule has 0 atom stereocenters. The molecule has 3 N–H and O–H groups in total. The quantitative estimate of drug-likeness (QED) is 0.513. The lowest BCUT2D eigenvalue weighted by atomic mass is 10.1. The summed E-state index contributed by atoms with van der Waals surface area (Å²) >= 11 is 1.75. The number of hydrogen-bond acceptors (Lipinski definition) is 4. The van der Waals surface area contributed by atoms with Gasteiger partial charge in [-0.3, -0.25) is 9.79 Å². The molecule has 0 aliphatic heterocycles. The second kappa shape index (κ2) is 9.91. The zero-order valence-corrected chi connectivity index (χ0v) is 16.7. The van der Waals surface area contributed by atoms with E-state index < -0.39 is 0 Å². The predicted octanol–water partition coefficient (Wildman–Crippen LogP) is 2.07. The van der Waals surface area contributed by atoms with Gasteiger partial charge in [-0.1, -0.05) is 12.1 Å². The third-order valence-corrected chi connectivity index (χ3v) is 5.12. The molecule has 140 valence electrons. The molecule has 6 nitrogen and oxygen atoms in total. The Bertz CT molecular complexity index is 769. The lowest BCUT2D eigenvalue weighted by Gasteiger charge is -2.12. The summed E-state index contributed by atoms with van der Waals surface area (Å²) in [6.07, 6.45) is 1.75. The van der Waals surface area contributed by atoms with Crippen LogP contribution in [0.3, 0.4) is 0 Å². The van der Waals surface area contributed by atoms with E-state index >= 15 is 0 Å². The summed E-state index contributed by atoms with van der Waals surface area (Å²) in [5.41, 5.74) is 2.92. The molecule has 0 spiro atoms. The maximum atomic E-state index is 11.7. The van der Waals surface area contributed by atoms with Crippen molar-refractivity contribution in [3.05, 3.63) is 51.0 Å². The van der Waals surface area contributed by atoms with Crippen molar-refractivity contribution < 1.29 is 4.79 Å². The Kier molecular flexibility index (Phi) is 7.59. The van der Waals surface area contributed by atoms with Gasteiger partial charge in [0.05, 0.1) is 10.7 Å². The summed E-state index contributed by atoms with van der Waals surface area (Å²) in [6, 6.07) is 7.68. The summed E-state index contributed by atoms with van der Waals surface area (Å²) in [6.45, 7) is 5.65. The van der Waals surface area contributed by atoms with E-state index in [1.807, 2.05) is 31.2 Å². The molecule has 0 radical (unpaired) electrons. The fraction of sp³-hybridized carbons (Fsp3) is 0.421. The van der Waals surface area contributed by atoms with Crippen LogP contribution >= 0.6 is 11.3 Å². The standard InChI is InChI=1S/C19H27N5OS/c1-13-17(26-14(2)24-13)9-11-23-19(21-4)22-10-8-15-6-5-7-16(12-15)18(25)20-3/h5-7,12H,8-11H2,1-4H3,(H,20,25)(H2,21,22,23). The van der Waals surface area contributed by atoms with E-state index in [2.05, 4.69) is 32.9 Å². The number of aliphatic imine (C=N–C) groups is 1. The lowest BCUT2D eigenvalue weighted by Crippen LogP contribution is -2.39. The van der Waals surface area contributed by atoms with Gasteiger partial charge in [-0.25, -0.2) is 4.98 Å². The number of guanidine groups is 1. The molecular weight excluding hydrogens is 346 g/mol. The average Bonchev–Trinajstić information content (AvgIpc) is 2.97. The molecule has 0 aliphatic rings. The van der Waals surface area contributed by atoms with Crippen LogP contribution < -0.4 is 16.0 Å². The molecule has 0 saturated heterocycles. The first-order valence-electron chi connectivity index (χ1n) is 8.72. The summed E-state index contributed by atoms with van der Waals surface area (Å²) < 4.78 is 0. The van der Waals surface area contributed by atoms with Gasteiger partial charge in [-0.05, 0) is 38.0 Å². The summed E-state index contributed by atoms with van der Waals surface area (Å²) in [5.74, 6) is 0.720. The van der Waals surface area contributed by atoms with E-state index in [1.165, 1.54) is 4.88 Å². The smallest absolute Gasteiger partial charge is 0.251 e. The van der Waals surface area contributed by atoms with Gasteiger partial charge in [0.25, 0.3) is 5.91 Å². The fourth-order valence-corrected chi connectivity index (χ4v) is 3.59. The Morgan fingerprint density at radius 2 is 1.92 bits per heavy atom. The van der Waals surface area contributed by atoms with Crippen molar-refractivity contribution in [3.8, 4) is 0 Å². The Morgan fingerprint density at radius 3 is 2.54 bits per heavy atom. The van der Waals surface area contributed by atoms with Crippen LogP contribution in [0.1, 0.15) is 31.5 Å². The van der Waals surface area contributed by atoms with Crippen LogP contribution in [0, 0.1) is 13.8 Å². The summed E-state index contributed by atoms with van der Waals surface area (Å²) in [7, 11) is 3.41. The van der Waals surface area contributed by atoms with Crippen molar-refractivity contribution in [2.24, 2.45) is 4.99 Å². The van der Waals surface area contributed by atoms with Crippen LogP contribution in [0.4, 0.5) is 0 Å². The number of nitrogens with one attached hydrogen (secondary N) is 3. The molecule has 0 fully saturated rings. The number of aryl methyl sites for hydroxylation is 2. The first-order valence-corrected chi connectivity index (χ1v) is 9.53. The maximum Gasteiger partial charge on any atom is 0.251 e. The lowest BCUT2D eigenvalue weighted by molar-refractivity contribution is 0.0963. The van der Waals surface area contributed by atoms with Crippen molar-refractivity contribution >= 4 is 23.2 Å². The highest BCUT2D eigenvalue weighted by Gasteiger charge is 2.06. The van der Waals surface area contributed by atoms with Crippen LogP contribution in [0.25, 0.3) is 0 Å². The van der Waals surface area contributed by atoms with E-state index in [0.29, 0.717) is 5.56 Å². The van der Waals surface area contributed by atoms with Crippen LogP contribution in [-0.4, -0.2) is 44.0 Å². The van der Waals surface area contributed by atoms with E-state index in [0.717, 1.165) is 48.2 Å². The van der Waals surface area contributed by atoms with Crippen molar-refractivity contribution in [1.82, 2.24) is 20.9 Å². The monoisotopic (exact) mass is 373 g/mol. The van der Waals surface area contributed by atoms with Gasteiger partial charge < -0.3 is 16.0 Å². The van der Waals surface area contributed by atoms with E-state index in [4.69, 9.17) is 0 Å². The predicted molar refractivity (Wildman–Crippen MR) is 108 cm³/mol. The van der Waals surface area contributed by atoms with Crippen molar-refractivity contribution in [2.75, 3.05) is 27.2 Å². The Balaban J connectivity index is 1.77. The molecular formula is C19H27N5OS. The van der Waals surface area contributed by atoms with Gasteiger partial charge in [-0.15, -0.1) is 11.3 Å². The molecule has 0 unspecified atom stereocenters. The Hall–Kier alpha value is -2.41. The highest BCUT2D eigenvalue weighted by molar-refractivity contribution is 7.11. The molecule has 0 aliphatic carbocycles. The minimum atomic E-state index is -0.0640. The van der Waals surface area contributed by atoms with Crippen molar-refractivity contribution in [3.63, 3.8) is 0 Å². The summed E-state index contributed by atoms with van der Waals surface area (Å²) in [4.78, 5) is 21.7. The molecule has 1 aromatic carbocycles. The molecule has 1 heterocycles. The van der Waals surface area contributed by atoms with Crippen molar-refractivity contribution in [1.29, 1.82) is 0 Å². The number of aromatic nitrogens is 1. The summed E-state index contributed by atoms with van der Waals surface area (Å²) in [5, 5.41) is 10.4. The largest absolute Gasteiger partial charge is 0.356 e. The van der Waals surface area contributed by atoms with Gasteiger partial charge >= 0.3 is 0 Å². The SMILES string of the molecule is CN=C(NCCc1cccc(C(=O)NC)c1)NCCc1sc(C)nc1C. The number of thiazole rings is 1. The first-order chi connectivity index (χ1) is 12.5. The minimum Gasteiger partial charge on any atom is -0.356 e. The van der Waals surface area contributed by atoms with E-state index in [-0.39, 0.29) is 5.91 Å². The second-order valence-electron chi connectivity index (χ2n) is 5.95. The average molecular weight is 374 g/mol. The van der Waals surface area contributed by atoms with Gasteiger partial charge in [0.2, 0.25) is 0 Å². The molecule has 0 bridgehead atoms. The molecule has 1 aromatic heterocycles. The van der Waals surface area contributed by atoms with Gasteiger partial charge in [0.15, 0.2) is 5.96 Å². The Labute approximate surface area is 159 Å². The number of benzene rings is 1. The third kappa shape index (κ3) is 5.84. The molecule has 7 heteroatoms. The number of nitrogens with zero attached hydrogens (tertiary/aromatic N) is 2. The molecule has 1 amide bonds. The zero-order chi connectivity index (χ0) is 18.9. The molecule has 2 rings (SSSR count). The maximum absolute atomic E-state index is 11.7. The van der Waals surface area contributed by atoms with Crippen LogP contribution in [0.2, 0.25) is 0 Å². The zero-order valence-electron chi connectivity index (χ0n) is 15.8. The minimum absolute atomic E-state index is 0.0640. The molecule has 26 heavy (non-hydrogen) atoms. The van der Waals surface area contributed by atoms with Crippen molar-refractivity contribution in [2.45, 2.75) is 26.7 Å². The highest BCUT2D eigenvalue weighted by atomic mass is 32.1. The molecule has 2 aromatic rings. The topological polar surface area (TPSA) is 78.4 Å². The number of amides is 1. The highest BCUT2D eigenvalue weighted by Crippen LogP contribution is 2.17. The second-order valence-corrected chi connectivity index (χ2v) is 7.23. The van der Waals surface area contributed by atoms with Gasteiger partial charge in [0.1, 0.15) is 0 Å². The van der Waals surface area contributed by atoms with Gasteiger partial charge in [0, 0.05) is 44.0 Å². The fourth-order valence-electron chi connectivity index (χ4n) is 2.66. The first kappa shape index (κ1) is 19.9. The normalized spacial score (nSPS) is 11.3. The number of carbonyl (C=O) groups is 1. The molecule has 0 saturated carbocycles. The Morgan fingerprint density at radius 1 is 1.19 bits per heavy atom. The van der Waals surface area contributed by atoms with E-state index in [1.54, 1.807) is 25.4 Å². The van der Waals surface area contributed by atoms with Crippen LogP contribution in [-0.2, 0) is 12.8 Å². The number of hydrogen-bond donors (Lipinski definition) is 3. The number of carbonyl (C=O) groups excluding carboxylic acids is 1.